The van der Waals surface area contributed by atoms with E-state index in [4.69, 9.17) is 9.84 Å². The van der Waals surface area contributed by atoms with Crippen LogP contribution >= 0.6 is 0 Å². The molecule has 5 nitrogen and oxygen atoms in total. The highest BCUT2D eigenvalue weighted by Gasteiger charge is 2.24. The van der Waals surface area contributed by atoms with Crippen LogP contribution in [0.1, 0.15) is 0 Å². The van der Waals surface area contributed by atoms with Crippen molar-refractivity contribution in [2.24, 2.45) is 0 Å². The minimum atomic E-state index is -0.808. The van der Waals surface area contributed by atoms with Gasteiger partial charge in [-0.2, -0.15) is 0 Å². The van der Waals surface area contributed by atoms with Crippen molar-refractivity contribution in [2.45, 2.75) is 6.04 Å². The molecule has 0 bridgehead atoms. The number of hydrogen-bond acceptors (Lipinski definition) is 4. The topological polar surface area (TPSA) is 61.8 Å². The first-order valence-electron chi connectivity index (χ1n) is 5.56. The summed E-state index contributed by atoms with van der Waals surface area (Å²) in [6.07, 6.45) is 0. The first-order valence-corrected chi connectivity index (χ1v) is 5.56. The summed E-state index contributed by atoms with van der Waals surface area (Å²) in [5, 5.41) is 12.0. The standard InChI is InChI=1S/C12H16N2O3/c1-17-10-4-2-3-9(7-10)14-6-5-13-11(8-14)12(15)16/h2-4,7,11,13H,5-6,8H2,1H3,(H,15,16). The van der Waals surface area contributed by atoms with E-state index >= 15 is 0 Å². The second-order valence-corrected chi connectivity index (χ2v) is 3.99. The number of anilines is 1. The Kier molecular flexibility index (Phi) is 3.49. The highest BCUT2D eigenvalue weighted by molar-refractivity contribution is 5.75. The van der Waals surface area contributed by atoms with E-state index in [1.807, 2.05) is 24.3 Å². The van der Waals surface area contributed by atoms with Crippen LogP contribution in [0.15, 0.2) is 24.3 Å². The Hall–Kier alpha value is -1.75. The Balaban J connectivity index is 2.13. The van der Waals surface area contributed by atoms with Crippen LogP contribution in [-0.2, 0) is 4.79 Å². The van der Waals surface area contributed by atoms with Crippen LogP contribution in [0.4, 0.5) is 5.69 Å². The van der Waals surface area contributed by atoms with E-state index in [2.05, 4.69) is 10.2 Å². The predicted molar refractivity (Wildman–Crippen MR) is 64.6 cm³/mol. The number of carboxylic acid groups (broad SMARTS) is 1. The summed E-state index contributed by atoms with van der Waals surface area (Å²) in [6, 6.07) is 7.17. The number of benzene rings is 1. The van der Waals surface area contributed by atoms with Gasteiger partial charge in [-0.25, -0.2) is 0 Å². The minimum absolute atomic E-state index is 0.475. The van der Waals surface area contributed by atoms with Crippen LogP contribution < -0.4 is 15.0 Å². The molecule has 1 aliphatic heterocycles. The summed E-state index contributed by atoms with van der Waals surface area (Å²) in [4.78, 5) is 13.0. The van der Waals surface area contributed by atoms with Crippen molar-refractivity contribution < 1.29 is 14.6 Å². The minimum Gasteiger partial charge on any atom is -0.497 e. The maximum Gasteiger partial charge on any atom is 0.322 e. The molecular formula is C12H16N2O3. The summed E-state index contributed by atoms with van der Waals surface area (Å²) >= 11 is 0. The molecular weight excluding hydrogens is 220 g/mol. The Morgan fingerprint density at radius 1 is 1.59 bits per heavy atom. The van der Waals surface area contributed by atoms with E-state index in [0.717, 1.165) is 18.0 Å². The fraction of sp³-hybridized carbons (Fsp3) is 0.417. The number of hydrogen-bond donors (Lipinski definition) is 2. The third-order valence-corrected chi connectivity index (χ3v) is 2.89. The zero-order valence-electron chi connectivity index (χ0n) is 9.72. The maximum absolute atomic E-state index is 10.9. The molecule has 1 heterocycles. The van der Waals surface area contributed by atoms with Crippen LogP contribution in [0.3, 0.4) is 0 Å². The number of rotatable bonds is 3. The normalized spacial score (nSPS) is 20.1. The van der Waals surface area contributed by atoms with Gasteiger partial charge in [0.05, 0.1) is 7.11 Å². The molecule has 2 rings (SSSR count). The largest absolute Gasteiger partial charge is 0.497 e. The van der Waals surface area contributed by atoms with Gasteiger partial charge in [-0.3, -0.25) is 4.79 Å². The predicted octanol–water partition coefficient (Wildman–Crippen LogP) is 0.558. The molecule has 1 aromatic rings. The molecule has 1 fully saturated rings. The summed E-state index contributed by atoms with van der Waals surface area (Å²) in [5.74, 6) is -0.0227. The van der Waals surface area contributed by atoms with Gasteiger partial charge in [-0.1, -0.05) is 6.07 Å². The molecule has 0 aliphatic carbocycles. The molecule has 0 saturated carbocycles. The van der Waals surface area contributed by atoms with Gasteiger partial charge in [-0.05, 0) is 12.1 Å². The van der Waals surface area contributed by atoms with Crippen molar-refractivity contribution in [3.63, 3.8) is 0 Å². The summed E-state index contributed by atoms with van der Waals surface area (Å²) in [5.41, 5.74) is 0.997. The van der Waals surface area contributed by atoms with E-state index in [-0.39, 0.29) is 0 Å². The van der Waals surface area contributed by atoms with Crippen molar-refractivity contribution in [3.05, 3.63) is 24.3 Å². The average Bonchev–Trinajstić information content (AvgIpc) is 2.39. The smallest absolute Gasteiger partial charge is 0.322 e. The van der Waals surface area contributed by atoms with Crippen molar-refractivity contribution in [2.75, 3.05) is 31.6 Å². The first-order chi connectivity index (χ1) is 8.20. The number of nitrogens with one attached hydrogen (secondary N) is 1. The summed E-state index contributed by atoms with van der Waals surface area (Å²) in [6.45, 7) is 1.95. The van der Waals surface area contributed by atoms with Gasteiger partial charge < -0.3 is 20.1 Å². The number of nitrogens with zero attached hydrogens (tertiary/aromatic N) is 1. The van der Waals surface area contributed by atoms with Crippen LogP contribution in [0.25, 0.3) is 0 Å². The highest BCUT2D eigenvalue weighted by Crippen LogP contribution is 2.21. The van der Waals surface area contributed by atoms with Gasteiger partial charge in [0.1, 0.15) is 11.8 Å². The van der Waals surface area contributed by atoms with E-state index in [0.29, 0.717) is 13.1 Å². The lowest BCUT2D eigenvalue weighted by molar-refractivity contribution is -0.139. The molecule has 0 amide bonds. The van der Waals surface area contributed by atoms with Crippen LogP contribution in [0.2, 0.25) is 0 Å². The van der Waals surface area contributed by atoms with E-state index in [1.165, 1.54) is 0 Å². The molecule has 1 aromatic carbocycles. The monoisotopic (exact) mass is 236 g/mol. The number of piperazine rings is 1. The zero-order valence-corrected chi connectivity index (χ0v) is 9.72. The lowest BCUT2D eigenvalue weighted by atomic mass is 10.2. The second kappa shape index (κ2) is 5.05. The van der Waals surface area contributed by atoms with Gasteiger partial charge in [0.15, 0.2) is 0 Å². The number of ether oxygens (including phenoxy) is 1. The van der Waals surface area contributed by atoms with Crippen molar-refractivity contribution in [1.29, 1.82) is 0 Å². The molecule has 92 valence electrons. The molecule has 17 heavy (non-hydrogen) atoms. The molecule has 1 unspecified atom stereocenters. The van der Waals surface area contributed by atoms with Crippen molar-refractivity contribution in [1.82, 2.24) is 5.32 Å². The average molecular weight is 236 g/mol. The summed E-state index contributed by atoms with van der Waals surface area (Å²) < 4.78 is 5.16. The Bertz CT molecular complexity index is 408. The SMILES string of the molecule is COc1cccc(N2CCNC(C(=O)O)C2)c1. The number of methoxy groups -OCH3 is 1. The molecule has 0 radical (unpaired) electrons. The maximum atomic E-state index is 10.9. The Labute approximate surface area is 100.0 Å². The van der Waals surface area contributed by atoms with Gasteiger partial charge in [0, 0.05) is 31.4 Å². The second-order valence-electron chi connectivity index (χ2n) is 3.99. The number of aliphatic carboxylic acids is 1. The molecule has 0 spiro atoms. The van der Waals surface area contributed by atoms with Gasteiger partial charge >= 0.3 is 5.97 Å². The molecule has 0 aromatic heterocycles. The van der Waals surface area contributed by atoms with Crippen LogP contribution in [-0.4, -0.2) is 43.9 Å². The van der Waals surface area contributed by atoms with Crippen LogP contribution in [0.5, 0.6) is 5.75 Å². The third kappa shape index (κ3) is 2.68. The molecule has 5 heteroatoms. The van der Waals surface area contributed by atoms with Crippen molar-refractivity contribution >= 4 is 11.7 Å². The fourth-order valence-electron chi connectivity index (χ4n) is 1.96. The molecule has 1 atom stereocenters. The van der Waals surface area contributed by atoms with E-state index < -0.39 is 12.0 Å². The highest BCUT2D eigenvalue weighted by atomic mass is 16.5. The fourth-order valence-corrected chi connectivity index (χ4v) is 1.96. The van der Waals surface area contributed by atoms with Gasteiger partial charge in [0.2, 0.25) is 0 Å². The summed E-state index contributed by atoms with van der Waals surface area (Å²) in [7, 11) is 1.62. The Morgan fingerprint density at radius 3 is 3.12 bits per heavy atom. The van der Waals surface area contributed by atoms with E-state index in [1.54, 1.807) is 7.11 Å². The van der Waals surface area contributed by atoms with Gasteiger partial charge in [-0.15, -0.1) is 0 Å². The lowest BCUT2D eigenvalue weighted by Gasteiger charge is -2.33. The first kappa shape index (κ1) is 11.7. The zero-order chi connectivity index (χ0) is 12.3. The van der Waals surface area contributed by atoms with Gasteiger partial charge in [0.25, 0.3) is 0 Å². The lowest BCUT2D eigenvalue weighted by Crippen LogP contribution is -2.54. The molecule has 2 N–H and O–H groups in total. The molecule has 1 aliphatic rings. The molecule has 1 saturated heterocycles. The third-order valence-electron chi connectivity index (χ3n) is 2.89. The quantitative estimate of drug-likeness (QED) is 0.803. The Morgan fingerprint density at radius 2 is 2.41 bits per heavy atom. The van der Waals surface area contributed by atoms with Crippen LogP contribution in [0, 0.1) is 0 Å². The van der Waals surface area contributed by atoms with E-state index in [9.17, 15) is 4.79 Å². The van der Waals surface area contributed by atoms with Crippen molar-refractivity contribution in [3.8, 4) is 5.75 Å². The number of carbonyl (C=O) groups is 1. The number of carboxylic acids is 1.